The van der Waals surface area contributed by atoms with Crippen molar-refractivity contribution >= 4 is 0 Å². The van der Waals surface area contributed by atoms with Crippen LogP contribution >= 0.6 is 0 Å². The minimum atomic E-state index is 0. The van der Waals surface area contributed by atoms with Crippen LogP contribution in [0.2, 0.25) is 0 Å². The molecule has 0 saturated carbocycles. The van der Waals surface area contributed by atoms with Crippen molar-refractivity contribution in [1.82, 2.24) is 0 Å². The summed E-state index contributed by atoms with van der Waals surface area (Å²) in [6.07, 6.45) is 28.4. The lowest BCUT2D eigenvalue weighted by Gasteiger charge is -2.30. The second kappa shape index (κ2) is 31.2. The Morgan fingerprint density at radius 1 is 0.390 bits per heavy atom. The van der Waals surface area contributed by atoms with E-state index in [0.717, 1.165) is 11.0 Å². The zero-order valence-corrected chi connectivity index (χ0v) is 30.5. The average molecular weight is 618 g/mol. The smallest absolute Gasteiger partial charge is 0.104 e. The van der Waals surface area contributed by atoms with Crippen LogP contribution in [0.15, 0.2) is 30.3 Å². The van der Waals surface area contributed by atoms with Gasteiger partial charge in [-0.3, -0.25) is 0 Å². The van der Waals surface area contributed by atoms with Gasteiger partial charge < -0.3 is 33.8 Å². The summed E-state index contributed by atoms with van der Waals surface area (Å²) in [5.41, 5.74) is 1.46. The van der Waals surface area contributed by atoms with Crippen molar-refractivity contribution < 1.29 is 33.8 Å². The van der Waals surface area contributed by atoms with Gasteiger partial charge in [-0.15, -0.1) is 0 Å². The number of hydrogen-bond acceptors (Lipinski definition) is 0. The number of nitrogens with zero attached hydrogens (tertiary/aromatic N) is 2. The van der Waals surface area contributed by atoms with Crippen LogP contribution in [0.4, 0.5) is 0 Å². The van der Waals surface area contributed by atoms with E-state index in [-0.39, 0.29) is 24.8 Å². The number of benzene rings is 1. The highest BCUT2D eigenvalue weighted by Crippen LogP contribution is 2.14. The fraction of sp³-hybridized carbons (Fsp3) is 0.838. The molecule has 0 aliphatic rings. The van der Waals surface area contributed by atoms with E-state index in [1.165, 1.54) is 158 Å². The minimum absolute atomic E-state index is 0. The van der Waals surface area contributed by atoms with Gasteiger partial charge in [-0.05, 0) is 38.5 Å². The molecule has 1 aromatic rings. The standard InChI is InChI=1S/C21H38N.C16H36N.2ClH/c1-4-5-6-7-8-9-10-11-12-16-19-22(2,3)20-21-17-14-13-15-18-21;1-5-7-9-11-13-15-17(3,4)16-14-12-10-8-6-2;;/h13-15,17-18H,4-12,16,19-20H2,1-3H3;5-16H2,1-4H3;2*1H/q2*+1;;/p-2. The van der Waals surface area contributed by atoms with Gasteiger partial charge >= 0.3 is 0 Å². The molecule has 1 aromatic carbocycles. The Balaban J connectivity index is -0.000000693. The quantitative estimate of drug-likeness (QED) is 0.105. The lowest BCUT2D eigenvalue weighted by atomic mass is 10.1. The van der Waals surface area contributed by atoms with E-state index >= 15 is 0 Å². The van der Waals surface area contributed by atoms with Crippen LogP contribution in [0.1, 0.15) is 155 Å². The highest BCUT2D eigenvalue weighted by atomic mass is 35.5. The number of unbranched alkanes of at least 4 members (excludes halogenated alkanes) is 17. The summed E-state index contributed by atoms with van der Waals surface area (Å²) in [5, 5.41) is 0. The largest absolute Gasteiger partial charge is 1.00 e. The van der Waals surface area contributed by atoms with Gasteiger partial charge in [-0.2, -0.15) is 0 Å². The van der Waals surface area contributed by atoms with E-state index in [0.29, 0.717) is 0 Å². The molecular weight excluding hydrogens is 543 g/mol. The molecule has 0 N–H and O–H groups in total. The van der Waals surface area contributed by atoms with Crippen molar-refractivity contribution in [3.63, 3.8) is 0 Å². The molecule has 41 heavy (non-hydrogen) atoms. The Kier molecular flexibility index (Phi) is 34.3. The molecule has 0 saturated heterocycles. The maximum absolute atomic E-state index is 2.40. The van der Waals surface area contributed by atoms with Gasteiger partial charge in [0.1, 0.15) is 6.54 Å². The molecule has 0 aliphatic heterocycles. The number of halogens is 2. The summed E-state index contributed by atoms with van der Waals surface area (Å²) in [6, 6.07) is 10.9. The van der Waals surface area contributed by atoms with E-state index in [2.05, 4.69) is 79.3 Å². The monoisotopic (exact) mass is 617 g/mol. The number of hydrogen-bond donors (Lipinski definition) is 0. The Bertz CT molecular complexity index is 603. The molecule has 0 aromatic heterocycles. The summed E-state index contributed by atoms with van der Waals surface area (Å²) < 4.78 is 2.35. The zero-order chi connectivity index (χ0) is 29.1. The third-order valence-electron chi connectivity index (χ3n) is 8.30. The maximum Gasteiger partial charge on any atom is 0.104 e. The SMILES string of the molecule is CCCCCCCCCCCC[N+](C)(C)Cc1ccccc1.CCCCCCC[N+](C)(C)CCCCCCC.[Cl-].[Cl-]. The topological polar surface area (TPSA) is 0 Å². The lowest BCUT2D eigenvalue weighted by molar-refractivity contribution is -0.903. The summed E-state index contributed by atoms with van der Waals surface area (Å²) in [5.74, 6) is 0. The molecule has 0 amide bonds. The van der Waals surface area contributed by atoms with Crippen LogP contribution in [-0.2, 0) is 6.54 Å². The first-order chi connectivity index (χ1) is 18.8. The first kappa shape index (κ1) is 45.2. The fourth-order valence-electron chi connectivity index (χ4n) is 5.58. The molecule has 0 unspecified atom stereocenters. The summed E-state index contributed by atoms with van der Waals surface area (Å²) in [6.45, 7) is 12.1. The van der Waals surface area contributed by atoms with Crippen molar-refractivity contribution in [3.8, 4) is 0 Å². The van der Waals surface area contributed by atoms with Crippen LogP contribution in [0.25, 0.3) is 0 Å². The van der Waals surface area contributed by atoms with Gasteiger partial charge in [0, 0.05) is 5.56 Å². The summed E-state index contributed by atoms with van der Waals surface area (Å²) in [7, 11) is 9.53. The number of rotatable bonds is 25. The molecule has 0 spiro atoms. The van der Waals surface area contributed by atoms with E-state index in [4.69, 9.17) is 0 Å². The highest BCUT2D eigenvalue weighted by Gasteiger charge is 2.15. The normalized spacial score (nSPS) is 11.3. The molecular formula is C37H74Cl2N2. The van der Waals surface area contributed by atoms with Gasteiger partial charge in [0.05, 0.1) is 47.8 Å². The lowest BCUT2D eigenvalue weighted by Crippen LogP contribution is -3.00. The highest BCUT2D eigenvalue weighted by molar-refractivity contribution is 5.13. The Labute approximate surface area is 272 Å². The molecule has 1 rings (SSSR count). The van der Waals surface area contributed by atoms with Crippen molar-refractivity contribution in [2.45, 2.75) is 156 Å². The van der Waals surface area contributed by atoms with Crippen LogP contribution in [0.3, 0.4) is 0 Å². The van der Waals surface area contributed by atoms with Gasteiger partial charge in [0.15, 0.2) is 0 Å². The molecule has 0 fully saturated rings. The van der Waals surface area contributed by atoms with Crippen LogP contribution in [-0.4, -0.2) is 56.8 Å². The molecule has 246 valence electrons. The van der Waals surface area contributed by atoms with Gasteiger partial charge in [0.2, 0.25) is 0 Å². The third kappa shape index (κ3) is 32.5. The van der Waals surface area contributed by atoms with Gasteiger partial charge in [-0.1, -0.05) is 141 Å². The predicted molar refractivity (Wildman–Crippen MR) is 178 cm³/mol. The first-order valence-corrected chi connectivity index (χ1v) is 17.4. The minimum Gasteiger partial charge on any atom is -1.00 e. The van der Waals surface area contributed by atoms with Crippen LogP contribution in [0, 0.1) is 0 Å². The van der Waals surface area contributed by atoms with Gasteiger partial charge in [-0.25, -0.2) is 0 Å². The third-order valence-corrected chi connectivity index (χ3v) is 8.30. The van der Waals surface area contributed by atoms with Gasteiger partial charge in [0.25, 0.3) is 0 Å². The van der Waals surface area contributed by atoms with Crippen molar-refractivity contribution in [2.24, 2.45) is 0 Å². The molecule has 0 heterocycles. The Morgan fingerprint density at radius 2 is 0.683 bits per heavy atom. The molecule has 4 heteroatoms. The molecule has 0 atom stereocenters. The van der Waals surface area contributed by atoms with Crippen molar-refractivity contribution in [3.05, 3.63) is 35.9 Å². The Hall–Kier alpha value is -0.280. The molecule has 0 aliphatic carbocycles. The first-order valence-electron chi connectivity index (χ1n) is 17.4. The molecule has 0 bridgehead atoms. The van der Waals surface area contributed by atoms with Crippen LogP contribution in [0.5, 0.6) is 0 Å². The Morgan fingerprint density at radius 3 is 1.02 bits per heavy atom. The zero-order valence-electron chi connectivity index (χ0n) is 29.0. The summed E-state index contributed by atoms with van der Waals surface area (Å²) >= 11 is 0. The predicted octanol–water partition coefficient (Wildman–Crippen LogP) is 5.20. The number of quaternary nitrogens is 2. The van der Waals surface area contributed by atoms with Crippen molar-refractivity contribution in [2.75, 3.05) is 47.8 Å². The molecule has 2 nitrogen and oxygen atoms in total. The second-order valence-corrected chi connectivity index (χ2v) is 13.7. The van der Waals surface area contributed by atoms with E-state index < -0.39 is 0 Å². The van der Waals surface area contributed by atoms with E-state index in [1.807, 2.05) is 0 Å². The van der Waals surface area contributed by atoms with Crippen molar-refractivity contribution in [1.29, 1.82) is 0 Å². The maximum atomic E-state index is 2.40. The second-order valence-electron chi connectivity index (χ2n) is 13.7. The summed E-state index contributed by atoms with van der Waals surface area (Å²) in [4.78, 5) is 0. The average Bonchev–Trinajstić information content (AvgIpc) is 2.90. The van der Waals surface area contributed by atoms with Crippen LogP contribution < -0.4 is 24.8 Å². The van der Waals surface area contributed by atoms with E-state index in [9.17, 15) is 0 Å². The fourth-order valence-corrected chi connectivity index (χ4v) is 5.58. The van der Waals surface area contributed by atoms with E-state index in [1.54, 1.807) is 0 Å². The molecule has 0 radical (unpaired) electrons.